The number of ether oxygens (including phenoxy) is 1. The lowest BCUT2D eigenvalue weighted by Crippen LogP contribution is -2.20. The van der Waals surface area contributed by atoms with Crippen LogP contribution in [0, 0.1) is 0 Å². The maximum absolute atomic E-state index is 12.8. The second-order valence-corrected chi connectivity index (χ2v) is 9.84. The third kappa shape index (κ3) is 4.97. The highest BCUT2D eigenvalue weighted by atomic mass is 32.2. The molecule has 0 unspecified atom stereocenters. The highest BCUT2D eigenvalue weighted by molar-refractivity contribution is 7.89. The zero-order valence-electron chi connectivity index (χ0n) is 17.5. The van der Waals surface area contributed by atoms with Gasteiger partial charge in [0.25, 0.3) is 5.91 Å². The maximum atomic E-state index is 12.8. The number of carbonyl (C=O) groups excluding carboxylic acids is 1. The topological polar surface area (TPSA) is 104 Å². The normalized spacial score (nSPS) is 12.6. The lowest BCUT2D eigenvalue weighted by Gasteiger charge is -2.06. The van der Waals surface area contributed by atoms with Gasteiger partial charge in [-0.05, 0) is 41.5 Å². The average Bonchev–Trinajstić information content (AvgIpc) is 3.09. The second-order valence-electron chi connectivity index (χ2n) is 7.27. The van der Waals surface area contributed by atoms with E-state index in [-0.39, 0.29) is 17.2 Å². The number of fused-ring (bicyclic) bond motifs is 2. The highest BCUT2D eigenvalue weighted by Crippen LogP contribution is 2.21. The second kappa shape index (κ2) is 9.33. The van der Waals surface area contributed by atoms with Crippen LogP contribution in [0.4, 0.5) is 0 Å². The van der Waals surface area contributed by atoms with E-state index in [1.54, 1.807) is 6.07 Å². The number of aromatic nitrogens is 1. The molecule has 0 spiro atoms. The van der Waals surface area contributed by atoms with Gasteiger partial charge >= 0.3 is 0 Å². The first-order valence-corrected chi connectivity index (χ1v) is 12.5. The van der Waals surface area contributed by atoms with Gasteiger partial charge < -0.3 is 9.30 Å². The number of hydrogen-bond acceptors (Lipinski definition) is 5. The van der Waals surface area contributed by atoms with Crippen LogP contribution in [0.25, 0.3) is 21.0 Å². The minimum Gasteiger partial charge on any atom is -0.380 e. The van der Waals surface area contributed by atoms with E-state index in [1.165, 1.54) is 23.5 Å². The largest absolute Gasteiger partial charge is 0.380 e. The molecule has 0 bridgehead atoms. The number of rotatable bonds is 7. The van der Waals surface area contributed by atoms with Crippen LogP contribution < -0.4 is 9.94 Å². The van der Waals surface area contributed by atoms with Crippen molar-refractivity contribution in [3.8, 4) is 0 Å². The fraction of sp³-hybridized carbons (Fsp3) is 0.217. The fourth-order valence-corrected chi connectivity index (χ4v) is 5.23. The van der Waals surface area contributed by atoms with Gasteiger partial charge in [0.2, 0.25) is 10.0 Å². The van der Waals surface area contributed by atoms with Gasteiger partial charge in [0, 0.05) is 13.2 Å². The monoisotopic (exact) mass is 469 g/mol. The molecule has 2 N–H and O–H groups in total. The summed E-state index contributed by atoms with van der Waals surface area (Å²) in [6.07, 6.45) is 0.174. The van der Waals surface area contributed by atoms with Crippen molar-refractivity contribution in [1.82, 2.24) is 4.57 Å². The summed E-state index contributed by atoms with van der Waals surface area (Å²) < 4.78 is 31.5. The molecule has 7 nitrogen and oxygen atoms in total. The van der Waals surface area contributed by atoms with E-state index in [4.69, 9.17) is 9.88 Å². The van der Waals surface area contributed by atoms with E-state index < -0.39 is 10.0 Å². The van der Waals surface area contributed by atoms with Gasteiger partial charge in [-0.1, -0.05) is 53.8 Å². The summed E-state index contributed by atoms with van der Waals surface area (Å²) in [5.74, 6) is -0.274. The number of sulfonamides is 1. The molecule has 3 aromatic carbocycles. The van der Waals surface area contributed by atoms with Crippen molar-refractivity contribution < 1.29 is 17.9 Å². The number of benzene rings is 3. The Morgan fingerprint density at radius 2 is 1.88 bits per heavy atom. The van der Waals surface area contributed by atoms with Crippen molar-refractivity contribution in [2.45, 2.75) is 24.8 Å². The minimum absolute atomic E-state index is 0.0252. The van der Waals surface area contributed by atoms with Gasteiger partial charge in [0.1, 0.15) is 0 Å². The number of thiazole rings is 1. The Hall–Kier alpha value is -2.85. The van der Waals surface area contributed by atoms with E-state index in [0.717, 1.165) is 21.9 Å². The van der Waals surface area contributed by atoms with Crippen LogP contribution in [0.2, 0.25) is 0 Å². The summed E-state index contributed by atoms with van der Waals surface area (Å²) in [4.78, 5) is 17.7. The molecule has 0 saturated carbocycles. The average molecular weight is 470 g/mol. The van der Waals surface area contributed by atoms with Crippen molar-refractivity contribution >= 4 is 48.3 Å². The van der Waals surface area contributed by atoms with Gasteiger partial charge in [-0.2, -0.15) is 4.99 Å². The van der Waals surface area contributed by atoms with Crippen LogP contribution in [0.1, 0.15) is 12.5 Å². The fourth-order valence-electron chi connectivity index (χ4n) is 3.50. The molecule has 4 aromatic rings. The molecule has 0 atom stereocenters. The van der Waals surface area contributed by atoms with Gasteiger partial charge in [0.15, 0.2) is 4.80 Å². The summed E-state index contributed by atoms with van der Waals surface area (Å²) in [5.41, 5.74) is 1.66. The predicted octanol–water partition coefficient (Wildman–Crippen LogP) is 3.21. The van der Waals surface area contributed by atoms with E-state index in [2.05, 4.69) is 4.99 Å². The Kier molecular flexibility index (Phi) is 6.52. The molecule has 166 valence electrons. The molecule has 0 saturated heterocycles. The van der Waals surface area contributed by atoms with Gasteiger partial charge in [0.05, 0.1) is 28.1 Å². The summed E-state index contributed by atoms with van der Waals surface area (Å²) in [6.45, 7) is 3.43. The summed E-state index contributed by atoms with van der Waals surface area (Å²) in [5, 5.41) is 7.46. The molecule has 0 aliphatic rings. The molecule has 0 radical (unpaired) electrons. The first-order chi connectivity index (χ1) is 15.3. The third-order valence-electron chi connectivity index (χ3n) is 5.04. The van der Waals surface area contributed by atoms with Crippen LogP contribution in [-0.4, -0.2) is 32.1 Å². The predicted molar refractivity (Wildman–Crippen MR) is 126 cm³/mol. The van der Waals surface area contributed by atoms with Crippen LogP contribution in [-0.2, 0) is 32.5 Å². The van der Waals surface area contributed by atoms with Crippen molar-refractivity contribution in [2.24, 2.45) is 10.1 Å². The Balaban J connectivity index is 1.70. The molecule has 9 heteroatoms. The quantitative estimate of drug-likeness (QED) is 0.420. The smallest absolute Gasteiger partial charge is 0.252 e. The number of hydrogen-bond donors (Lipinski definition) is 1. The Morgan fingerprint density at radius 3 is 2.62 bits per heavy atom. The molecule has 32 heavy (non-hydrogen) atoms. The van der Waals surface area contributed by atoms with Gasteiger partial charge in [-0.3, -0.25) is 4.79 Å². The standard InChI is InChI=1S/C23H23N3O4S2/c1-2-30-12-11-26-20-10-9-19(32(24,28)29)15-21(20)31-23(26)25-22(27)14-16-7-8-17-5-3-4-6-18(17)13-16/h3-10,13,15H,2,11-12,14H2,1H3,(H2,24,28,29). The van der Waals surface area contributed by atoms with Crippen LogP contribution in [0.5, 0.6) is 0 Å². The number of nitrogens with two attached hydrogens (primary N) is 1. The van der Waals surface area contributed by atoms with Crippen LogP contribution in [0.3, 0.4) is 0 Å². The molecule has 0 fully saturated rings. The minimum atomic E-state index is -3.83. The van der Waals surface area contributed by atoms with E-state index in [9.17, 15) is 13.2 Å². The van der Waals surface area contributed by atoms with E-state index >= 15 is 0 Å². The molecule has 1 aromatic heterocycles. The Bertz CT molecular complexity index is 1470. The first-order valence-electron chi connectivity index (χ1n) is 10.1. The van der Waals surface area contributed by atoms with Crippen molar-refractivity contribution in [1.29, 1.82) is 0 Å². The lowest BCUT2D eigenvalue weighted by atomic mass is 10.1. The van der Waals surface area contributed by atoms with Crippen LogP contribution >= 0.6 is 11.3 Å². The maximum Gasteiger partial charge on any atom is 0.252 e. The van der Waals surface area contributed by atoms with Gasteiger partial charge in [-0.15, -0.1) is 0 Å². The Labute approximate surface area is 189 Å². The van der Waals surface area contributed by atoms with Gasteiger partial charge in [-0.25, -0.2) is 13.6 Å². The third-order valence-corrected chi connectivity index (χ3v) is 6.99. The zero-order valence-corrected chi connectivity index (χ0v) is 19.2. The summed E-state index contributed by atoms with van der Waals surface area (Å²) in [7, 11) is -3.83. The Morgan fingerprint density at radius 1 is 1.09 bits per heavy atom. The molecular formula is C23H23N3O4S2. The number of carbonyl (C=O) groups is 1. The van der Waals surface area contributed by atoms with Crippen LogP contribution in [0.15, 0.2) is 70.6 Å². The summed E-state index contributed by atoms with van der Waals surface area (Å²) in [6, 6.07) is 18.6. The van der Waals surface area contributed by atoms with E-state index in [0.29, 0.717) is 29.3 Å². The van der Waals surface area contributed by atoms with E-state index in [1.807, 2.05) is 54.0 Å². The van der Waals surface area contributed by atoms with Crippen molar-refractivity contribution in [3.05, 3.63) is 71.0 Å². The molecule has 1 heterocycles. The molecule has 0 aliphatic heterocycles. The number of amides is 1. The molecule has 1 amide bonds. The number of primary sulfonamides is 1. The SMILES string of the molecule is CCOCCn1c(=NC(=O)Cc2ccc3ccccc3c2)sc2cc(S(N)(=O)=O)ccc21. The molecule has 0 aliphatic carbocycles. The van der Waals surface area contributed by atoms with Crippen molar-refractivity contribution in [3.63, 3.8) is 0 Å². The molecule has 4 rings (SSSR count). The lowest BCUT2D eigenvalue weighted by molar-refractivity contribution is -0.117. The summed E-state index contributed by atoms with van der Waals surface area (Å²) >= 11 is 1.25. The molecular weight excluding hydrogens is 446 g/mol. The first kappa shape index (κ1) is 22.3. The zero-order chi connectivity index (χ0) is 22.7. The highest BCUT2D eigenvalue weighted by Gasteiger charge is 2.13. The number of nitrogens with zero attached hydrogens (tertiary/aromatic N) is 2. The van der Waals surface area contributed by atoms with Crippen molar-refractivity contribution in [2.75, 3.05) is 13.2 Å².